The van der Waals surface area contributed by atoms with Gasteiger partial charge in [0.2, 0.25) is 0 Å². The van der Waals surface area contributed by atoms with E-state index in [0.717, 1.165) is 0 Å². The van der Waals surface area contributed by atoms with Crippen molar-refractivity contribution >= 4 is 17.4 Å². The van der Waals surface area contributed by atoms with Crippen LogP contribution < -0.4 is 35.3 Å². The average molecular weight is 211 g/mol. The van der Waals surface area contributed by atoms with E-state index in [2.05, 4.69) is 5.16 Å². The van der Waals surface area contributed by atoms with E-state index in [0.29, 0.717) is 10.6 Å². The summed E-state index contributed by atoms with van der Waals surface area (Å²) < 4.78 is 0. The smallest absolute Gasteiger partial charge is 0.870 e. The summed E-state index contributed by atoms with van der Waals surface area (Å²) in [4.78, 5) is 0. The van der Waals surface area contributed by atoms with Crippen molar-refractivity contribution in [1.29, 1.82) is 0 Å². The van der Waals surface area contributed by atoms with Crippen molar-refractivity contribution in [2.45, 2.75) is 0 Å². The van der Waals surface area contributed by atoms with Crippen LogP contribution >= 0.6 is 11.6 Å². The minimum Gasteiger partial charge on any atom is -0.870 e. The van der Waals surface area contributed by atoms with Crippen molar-refractivity contribution in [3.05, 3.63) is 34.9 Å². The molecule has 0 aliphatic carbocycles. The first-order valence-corrected chi connectivity index (χ1v) is 3.35. The number of hydrogen-bond donors (Lipinski definition) is 2. The molecule has 4 N–H and O–H groups in total. The summed E-state index contributed by atoms with van der Waals surface area (Å²) in [7, 11) is 0. The van der Waals surface area contributed by atoms with Crippen LogP contribution in [-0.2, 0) is 0 Å². The van der Waals surface area contributed by atoms with Gasteiger partial charge in [0, 0.05) is 10.6 Å². The van der Waals surface area contributed by atoms with Gasteiger partial charge in [0.25, 0.3) is 0 Å². The summed E-state index contributed by atoms with van der Waals surface area (Å²) in [5, 5.41) is 11.7. The SMILES string of the molecule is NC(=NO)c1cccc(Cl)c1.[Na+].[OH-]. The third kappa shape index (κ3) is 4.50. The van der Waals surface area contributed by atoms with Crippen molar-refractivity contribution in [2.75, 3.05) is 0 Å². The zero-order valence-electron chi connectivity index (χ0n) is 7.11. The van der Waals surface area contributed by atoms with Crippen molar-refractivity contribution in [1.82, 2.24) is 0 Å². The van der Waals surface area contributed by atoms with E-state index < -0.39 is 0 Å². The van der Waals surface area contributed by atoms with E-state index in [1.54, 1.807) is 24.3 Å². The zero-order valence-corrected chi connectivity index (χ0v) is 9.86. The van der Waals surface area contributed by atoms with Gasteiger partial charge in [-0.3, -0.25) is 0 Å². The maximum atomic E-state index is 8.30. The Balaban J connectivity index is 0. The largest absolute Gasteiger partial charge is 1.00 e. The third-order valence-corrected chi connectivity index (χ3v) is 1.46. The van der Waals surface area contributed by atoms with Crippen LogP contribution in [0, 0.1) is 0 Å². The number of oxime groups is 1. The van der Waals surface area contributed by atoms with E-state index in [4.69, 9.17) is 22.5 Å². The molecule has 0 saturated carbocycles. The molecular formula is C7H8ClN2NaO2. The fourth-order valence-electron chi connectivity index (χ4n) is 0.706. The first kappa shape index (κ1) is 15.2. The molecule has 1 aromatic rings. The maximum absolute atomic E-state index is 8.30. The Morgan fingerprint density at radius 2 is 2.08 bits per heavy atom. The molecule has 0 aliphatic rings. The van der Waals surface area contributed by atoms with Crippen molar-refractivity contribution in [3.63, 3.8) is 0 Å². The predicted molar refractivity (Wildman–Crippen MR) is 45.9 cm³/mol. The van der Waals surface area contributed by atoms with Crippen LogP contribution in [0.4, 0.5) is 0 Å². The van der Waals surface area contributed by atoms with Crippen LogP contribution in [0.3, 0.4) is 0 Å². The van der Waals surface area contributed by atoms with Crippen LogP contribution in [0.2, 0.25) is 5.02 Å². The van der Waals surface area contributed by atoms with Crippen molar-refractivity contribution < 1.29 is 40.2 Å². The number of halogens is 1. The Bertz CT molecular complexity index is 294. The third-order valence-electron chi connectivity index (χ3n) is 1.23. The maximum Gasteiger partial charge on any atom is 1.00 e. The number of amidine groups is 1. The zero-order chi connectivity index (χ0) is 8.27. The Kier molecular flexibility index (Phi) is 8.40. The molecule has 0 unspecified atom stereocenters. The average Bonchev–Trinajstić information content (AvgIpc) is 2.03. The topological polar surface area (TPSA) is 88.6 Å². The van der Waals surface area contributed by atoms with Gasteiger partial charge >= 0.3 is 29.6 Å². The van der Waals surface area contributed by atoms with Gasteiger partial charge in [0.15, 0.2) is 5.84 Å². The molecule has 0 aliphatic heterocycles. The first-order chi connectivity index (χ1) is 5.24. The summed E-state index contributed by atoms with van der Waals surface area (Å²) in [5.74, 6) is 0.0625. The fraction of sp³-hybridized carbons (Fsp3) is 0. The fourth-order valence-corrected chi connectivity index (χ4v) is 0.896. The second-order valence-electron chi connectivity index (χ2n) is 2.00. The van der Waals surface area contributed by atoms with Gasteiger partial charge in [-0.15, -0.1) is 0 Å². The second-order valence-corrected chi connectivity index (χ2v) is 2.43. The standard InChI is InChI=1S/C7H7ClN2O.Na.H2O/c8-6-3-1-2-5(4-6)7(9)10-11;;/h1-4,11H,(H2,9,10);;1H2/q;+1;/p-1. The molecule has 0 aromatic heterocycles. The first-order valence-electron chi connectivity index (χ1n) is 2.97. The monoisotopic (exact) mass is 210 g/mol. The molecule has 0 amide bonds. The molecule has 0 atom stereocenters. The number of benzene rings is 1. The van der Waals surface area contributed by atoms with Gasteiger partial charge in [-0.05, 0) is 12.1 Å². The molecule has 13 heavy (non-hydrogen) atoms. The molecule has 66 valence electrons. The normalized spacial score (nSPS) is 9.77. The van der Waals surface area contributed by atoms with E-state index in [1.807, 2.05) is 0 Å². The molecule has 0 spiro atoms. The summed E-state index contributed by atoms with van der Waals surface area (Å²) in [6, 6.07) is 6.78. The van der Waals surface area contributed by atoms with Crippen LogP contribution in [-0.4, -0.2) is 16.5 Å². The molecule has 0 heterocycles. The summed E-state index contributed by atoms with van der Waals surface area (Å²) in [6.07, 6.45) is 0. The Morgan fingerprint density at radius 3 is 2.54 bits per heavy atom. The summed E-state index contributed by atoms with van der Waals surface area (Å²) >= 11 is 5.65. The van der Waals surface area contributed by atoms with Crippen LogP contribution in [0.5, 0.6) is 0 Å². The van der Waals surface area contributed by atoms with Gasteiger partial charge in [0.1, 0.15) is 0 Å². The minimum atomic E-state index is 0. The number of nitrogens with two attached hydrogens (primary N) is 1. The van der Waals surface area contributed by atoms with Gasteiger partial charge in [-0.25, -0.2) is 0 Å². The van der Waals surface area contributed by atoms with Crippen molar-refractivity contribution in [3.8, 4) is 0 Å². The summed E-state index contributed by atoms with van der Waals surface area (Å²) in [5.41, 5.74) is 5.92. The molecule has 0 saturated heterocycles. The van der Waals surface area contributed by atoms with E-state index in [9.17, 15) is 0 Å². The van der Waals surface area contributed by atoms with E-state index >= 15 is 0 Å². The minimum absolute atomic E-state index is 0. The Hall–Kier alpha value is -0.260. The Morgan fingerprint density at radius 1 is 1.46 bits per heavy atom. The predicted octanol–water partition coefficient (Wildman–Crippen LogP) is -1.74. The van der Waals surface area contributed by atoms with Crippen LogP contribution in [0.25, 0.3) is 0 Å². The van der Waals surface area contributed by atoms with Crippen LogP contribution in [0.1, 0.15) is 5.56 Å². The molecular weight excluding hydrogens is 203 g/mol. The molecule has 1 rings (SSSR count). The molecule has 0 fully saturated rings. The van der Waals surface area contributed by atoms with E-state index in [-0.39, 0.29) is 40.9 Å². The van der Waals surface area contributed by atoms with Gasteiger partial charge in [-0.1, -0.05) is 28.9 Å². The number of hydrogen-bond acceptors (Lipinski definition) is 3. The summed E-state index contributed by atoms with van der Waals surface area (Å²) in [6.45, 7) is 0. The van der Waals surface area contributed by atoms with Gasteiger partial charge < -0.3 is 16.4 Å². The molecule has 1 aromatic carbocycles. The Labute approximate surface area is 103 Å². The van der Waals surface area contributed by atoms with E-state index in [1.165, 1.54) is 0 Å². The van der Waals surface area contributed by atoms with Gasteiger partial charge in [-0.2, -0.15) is 0 Å². The van der Waals surface area contributed by atoms with Gasteiger partial charge in [0.05, 0.1) is 0 Å². The number of rotatable bonds is 1. The van der Waals surface area contributed by atoms with Crippen LogP contribution in [0.15, 0.2) is 29.4 Å². The molecule has 0 radical (unpaired) electrons. The molecule has 0 bridgehead atoms. The molecule has 4 nitrogen and oxygen atoms in total. The second kappa shape index (κ2) is 7.17. The molecule has 6 heteroatoms. The quantitative estimate of drug-likeness (QED) is 0.190. The van der Waals surface area contributed by atoms with Crippen molar-refractivity contribution in [2.24, 2.45) is 10.9 Å². The number of nitrogens with zero attached hydrogens (tertiary/aromatic N) is 1.